The Hall–Kier alpha value is -0.900. The maximum atomic E-state index is 5.88. The van der Waals surface area contributed by atoms with Gasteiger partial charge in [0.25, 0.3) is 0 Å². The summed E-state index contributed by atoms with van der Waals surface area (Å²) in [5, 5.41) is 0. The Morgan fingerprint density at radius 2 is 0.857 bits per heavy atom. The van der Waals surface area contributed by atoms with Crippen molar-refractivity contribution in [3.8, 4) is 0 Å². The third-order valence-corrected chi connectivity index (χ3v) is 3.45. The number of hydrogen-bond acceptors (Lipinski definition) is 3. The van der Waals surface area contributed by atoms with Gasteiger partial charge in [0.1, 0.15) is 0 Å². The van der Waals surface area contributed by atoms with E-state index in [0.717, 1.165) is 57.8 Å². The van der Waals surface area contributed by atoms with Gasteiger partial charge in [-0.1, -0.05) is 18.2 Å². The minimum absolute atomic E-state index is 0.152. The molecule has 1 heterocycles. The summed E-state index contributed by atoms with van der Waals surface area (Å²) in [5.41, 5.74) is 0. The van der Waals surface area contributed by atoms with Gasteiger partial charge in [-0.3, -0.25) is 0 Å². The topological polar surface area (TPSA) is 27.7 Å². The average Bonchev–Trinajstić information content (AvgIpc) is 2.48. The lowest BCUT2D eigenvalue weighted by Gasteiger charge is -2.36. The summed E-state index contributed by atoms with van der Waals surface area (Å²) in [6.07, 6.45) is 14.1. The fraction of sp³-hybridized carbons (Fsp3) is 0.667. The van der Waals surface area contributed by atoms with Crippen LogP contribution in [0.15, 0.2) is 38.0 Å². The van der Waals surface area contributed by atoms with Crippen molar-refractivity contribution in [1.82, 2.24) is 0 Å². The summed E-state index contributed by atoms with van der Waals surface area (Å²) in [7, 11) is 0. The van der Waals surface area contributed by atoms with Gasteiger partial charge in [0.05, 0.1) is 0 Å². The number of unbranched alkanes of at least 4 members (excludes halogenated alkanes) is 3. The summed E-state index contributed by atoms with van der Waals surface area (Å²) in [5.74, 6) is 0. The molecule has 1 aliphatic heterocycles. The maximum Gasteiger partial charge on any atom is 0.163 e. The van der Waals surface area contributed by atoms with Crippen molar-refractivity contribution in [3.05, 3.63) is 38.0 Å². The number of rotatable bonds is 12. The molecule has 0 spiro atoms. The van der Waals surface area contributed by atoms with E-state index in [4.69, 9.17) is 14.2 Å². The smallest absolute Gasteiger partial charge is 0.163 e. The molecule has 0 atom stereocenters. The fourth-order valence-electron chi connectivity index (χ4n) is 2.30. The van der Waals surface area contributed by atoms with E-state index in [-0.39, 0.29) is 18.9 Å². The Morgan fingerprint density at radius 1 is 0.571 bits per heavy atom. The summed E-state index contributed by atoms with van der Waals surface area (Å²) in [6.45, 7) is 11.2. The van der Waals surface area contributed by atoms with Gasteiger partial charge in [-0.15, -0.1) is 19.7 Å². The Bertz CT molecular complexity index is 247. The number of ether oxygens (including phenoxy) is 3. The van der Waals surface area contributed by atoms with E-state index in [9.17, 15) is 0 Å². The molecule has 1 rings (SSSR count). The SMILES string of the molecule is C=CCCCC1OC(CCCC=C)OC(CCCC=C)O1. The summed E-state index contributed by atoms with van der Waals surface area (Å²) >= 11 is 0. The van der Waals surface area contributed by atoms with E-state index in [1.54, 1.807) is 0 Å². The zero-order valence-corrected chi connectivity index (χ0v) is 13.2. The van der Waals surface area contributed by atoms with Crippen molar-refractivity contribution in [2.24, 2.45) is 0 Å². The first-order chi connectivity index (χ1) is 10.3. The molecule has 0 radical (unpaired) electrons. The van der Waals surface area contributed by atoms with Crippen LogP contribution in [0.2, 0.25) is 0 Å². The van der Waals surface area contributed by atoms with Crippen LogP contribution in [-0.4, -0.2) is 18.9 Å². The van der Waals surface area contributed by atoms with Crippen molar-refractivity contribution in [2.45, 2.75) is 76.7 Å². The zero-order valence-electron chi connectivity index (χ0n) is 13.2. The van der Waals surface area contributed by atoms with Crippen LogP contribution in [0.3, 0.4) is 0 Å². The van der Waals surface area contributed by atoms with Crippen LogP contribution in [0.4, 0.5) is 0 Å². The molecular formula is C18H30O3. The lowest BCUT2D eigenvalue weighted by atomic mass is 10.2. The molecule has 0 amide bonds. The first-order valence-corrected chi connectivity index (χ1v) is 8.09. The molecule has 0 aliphatic carbocycles. The highest BCUT2D eigenvalue weighted by atomic mass is 16.9. The second kappa shape index (κ2) is 11.7. The predicted molar refractivity (Wildman–Crippen MR) is 86.8 cm³/mol. The van der Waals surface area contributed by atoms with Gasteiger partial charge in [0.15, 0.2) is 18.9 Å². The first kappa shape index (κ1) is 18.1. The van der Waals surface area contributed by atoms with Gasteiger partial charge >= 0.3 is 0 Å². The van der Waals surface area contributed by atoms with Gasteiger partial charge in [-0.05, 0) is 57.8 Å². The monoisotopic (exact) mass is 294 g/mol. The van der Waals surface area contributed by atoms with Crippen molar-refractivity contribution < 1.29 is 14.2 Å². The van der Waals surface area contributed by atoms with Crippen LogP contribution >= 0.6 is 0 Å². The van der Waals surface area contributed by atoms with Gasteiger partial charge in [0.2, 0.25) is 0 Å². The van der Waals surface area contributed by atoms with E-state index in [1.807, 2.05) is 18.2 Å². The van der Waals surface area contributed by atoms with Crippen LogP contribution in [-0.2, 0) is 14.2 Å². The summed E-state index contributed by atoms with van der Waals surface area (Å²) in [4.78, 5) is 0. The third-order valence-electron chi connectivity index (χ3n) is 3.45. The molecule has 0 aromatic rings. The Labute approximate surface area is 129 Å². The lowest BCUT2D eigenvalue weighted by Crippen LogP contribution is -2.40. The predicted octanol–water partition coefficient (Wildman–Crippen LogP) is 5.10. The quantitative estimate of drug-likeness (QED) is 0.370. The Morgan fingerprint density at radius 3 is 1.10 bits per heavy atom. The van der Waals surface area contributed by atoms with Crippen LogP contribution in [0.1, 0.15) is 57.8 Å². The molecule has 0 unspecified atom stereocenters. The highest BCUT2D eigenvalue weighted by Crippen LogP contribution is 2.25. The van der Waals surface area contributed by atoms with Crippen molar-refractivity contribution in [1.29, 1.82) is 0 Å². The average molecular weight is 294 g/mol. The van der Waals surface area contributed by atoms with Crippen LogP contribution < -0.4 is 0 Å². The van der Waals surface area contributed by atoms with Gasteiger partial charge in [0, 0.05) is 0 Å². The molecule has 1 aliphatic rings. The number of allylic oxidation sites excluding steroid dienone is 3. The number of hydrogen-bond donors (Lipinski definition) is 0. The molecule has 120 valence electrons. The molecule has 0 saturated carbocycles. The molecule has 1 fully saturated rings. The normalized spacial score (nSPS) is 25.4. The molecule has 3 heteroatoms. The highest BCUT2D eigenvalue weighted by molar-refractivity contribution is 4.70. The van der Waals surface area contributed by atoms with E-state index >= 15 is 0 Å². The van der Waals surface area contributed by atoms with Gasteiger partial charge in [-0.2, -0.15) is 0 Å². The molecule has 0 bridgehead atoms. The van der Waals surface area contributed by atoms with E-state index in [2.05, 4.69) is 19.7 Å². The minimum atomic E-state index is -0.152. The molecule has 1 saturated heterocycles. The summed E-state index contributed by atoms with van der Waals surface area (Å²) < 4.78 is 17.6. The molecule has 21 heavy (non-hydrogen) atoms. The standard InChI is InChI=1S/C18H30O3/c1-4-7-10-13-16-19-17(14-11-8-5-2)21-18(20-16)15-12-9-6-3/h4-6,16-18H,1-3,7-15H2. The maximum absolute atomic E-state index is 5.88. The van der Waals surface area contributed by atoms with Crippen molar-refractivity contribution in [3.63, 3.8) is 0 Å². The molecule has 0 N–H and O–H groups in total. The second-order valence-electron chi connectivity index (χ2n) is 5.36. The van der Waals surface area contributed by atoms with Crippen LogP contribution in [0, 0.1) is 0 Å². The second-order valence-corrected chi connectivity index (χ2v) is 5.36. The molecular weight excluding hydrogens is 264 g/mol. The van der Waals surface area contributed by atoms with E-state index in [1.165, 1.54) is 0 Å². The molecule has 0 aromatic heterocycles. The Balaban J connectivity index is 2.40. The van der Waals surface area contributed by atoms with Crippen LogP contribution in [0.25, 0.3) is 0 Å². The molecule has 3 nitrogen and oxygen atoms in total. The third kappa shape index (κ3) is 8.20. The highest BCUT2D eigenvalue weighted by Gasteiger charge is 2.29. The van der Waals surface area contributed by atoms with Gasteiger partial charge < -0.3 is 14.2 Å². The first-order valence-electron chi connectivity index (χ1n) is 8.09. The van der Waals surface area contributed by atoms with Crippen molar-refractivity contribution in [2.75, 3.05) is 0 Å². The Kier molecular flexibility index (Phi) is 10.1. The minimum Gasteiger partial charge on any atom is -0.324 e. The lowest BCUT2D eigenvalue weighted by molar-refractivity contribution is -0.386. The van der Waals surface area contributed by atoms with E-state index < -0.39 is 0 Å². The van der Waals surface area contributed by atoms with Gasteiger partial charge in [-0.25, -0.2) is 0 Å². The van der Waals surface area contributed by atoms with Crippen LogP contribution in [0.5, 0.6) is 0 Å². The summed E-state index contributed by atoms with van der Waals surface area (Å²) in [6, 6.07) is 0. The zero-order chi connectivity index (χ0) is 15.3. The van der Waals surface area contributed by atoms with E-state index in [0.29, 0.717) is 0 Å². The largest absolute Gasteiger partial charge is 0.324 e. The molecule has 0 aromatic carbocycles. The van der Waals surface area contributed by atoms with Crippen molar-refractivity contribution >= 4 is 0 Å². The fourth-order valence-corrected chi connectivity index (χ4v) is 2.30.